The topological polar surface area (TPSA) is 9.72 Å². The summed E-state index contributed by atoms with van der Waals surface area (Å²) in [5.74, 6) is 0. The molecule has 7 aromatic carbocycles. The first-order valence-corrected chi connectivity index (χ1v) is 20.0. The van der Waals surface area contributed by atoms with Gasteiger partial charge in [0.1, 0.15) is 0 Å². The third kappa shape index (κ3) is 6.09. The molecule has 0 aromatic heterocycles. The summed E-state index contributed by atoms with van der Waals surface area (Å²) >= 11 is 0. The average Bonchev–Trinajstić information content (AvgIpc) is 3.18. The summed E-state index contributed by atoms with van der Waals surface area (Å²) < 4.78 is 0. The van der Waals surface area contributed by atoms with Gasteiger partial charge in [0.25, 0.3) is 6.71 Å². The van der Waals surface area contributed by atoms with Gasteiger partial charge in [0.05, 0.1) is 5.69 Å². The predicted octanol–water partition coefficient (Wildman–Crippen LogP) is 12.5. The molecule has 0 bridgehead atoms. The van der Waals surface area contributed by atoms with Crippen LogP contribution in [-0.2, 0) is 10.8 Å². The van der Waals surface area contributed by atoms with E-state index >= 15 is 0 Å². The number of nitrogens with zero attached hydrogens (tertiary/aromatic N) is 3. The van der Waals surface area contributed by atoms with E-state index in [0.717, 1.165) is 28.4 Å². The third-order valence-electron chi connectivity index (χ3n) is 11.6. The maximum atomic E-state index is 2.52. The molecule has 0 N–H and O–H groups in total. The molecular weight excluding hydrogens is 677 g/mol. The van der Waals surface area contributed by atoms with Gasteiger partial charge >= 0.3 is 0 Å². The van der Waals surface area contributed by atoms with E-state index in [1.807, 2.05) is 0 Å². The molecule has 2 aliphatic rings. The predicted molar refractivity (Wildman–Crippen MR) is 242 cm³/mol. The number of benzene rings is 7. The van der Waals surface area contributed by atoms with Crippen LogP contribution in [0.1, 0.15) is 63.8 Å². The van der Waals surface area contributed by atoms with Crippen LogP contribution >= 0.6 is 0 Å². The molecule has 4 heteroatoms. The fraction of sp³-hybridized carbons (Fsp3) is 0.192. The van der Waals surface area contributed by atoms with E-state index in [2.05, 4.69) is 228 Å². The summed E-state index contributed by atoms with van der Waals surface area (Å²) in [6, 6.07) is 59.1. The van der Waals surface area contributed by atoms with Crippen LogP contribution in [0.2, 0.25) is 0 Å². The van der Waals surface area contributed by atoms with Crippen molar-refractivity contribution in [1.82, 2.24) is 0 Å². The summed E-state index contributed by atoms with van der Waals surface area (Å²) in [6.07, 6.45) is 0. The number of para-hydroxylation sites is 2. The molecule has 56 heavy (non-hydrogen) atoms. The van der Waals surface area contributed by atoms with Crippen molar-refractivity contribution in [3.63, 3.8) is 0 Å². The molecule has 2 aliphatic heterocycles. The van der Waals surface area contributed by atoms with E-state index in [9.17, 15) is 0 Å². The van der Waals surface area contributed by atoms with Gasteiger partial charge in [-0.2, -0.15) is 0 Å². The Morgan fingerprint density at radius 1 is 0.411 bits per heavy atom. The molecule has 3 nitrogen and oxygen atoms in total. The Morgan fingerprint density at radius 2 is 0.804 bits per heavy atom. The zero-order valence-corrected chi connectivity index (χ0v) is 33.9. The molecule has 276 valence electrons. The zero-order chi connectivity index (χ0) is 38.9. The molecule has 0 atom stereocenters. The van der Waals surface area contributed by atoms with Crippen molar-refractivity contribution in [1.29, 1.82) is 0 Å². The summed E-state index contributed by atoms with van der Waals surface area (Å²) in [6.45, 7) is 18.2. The molecular formula is C52H50BN3. The van der Waals surface area contributed by atoms with E-state index in [-0.39, 0.29) is 17.5 Å². The minimum Gasteiger partial charge on any atom is -0.311 e. The number of anilines is 9. The summed E-state index contributed by atoms with van der Waals surface area (Å²) in [5.41, 5.74) is 19.8. The monoisotopic (exact) mass is 727 g/mol. The summed E-state index contributed by atoms with van der Waals surface area (Å²) in [7, 11) is 0. The van der Waals surface area contributed by atoms with E-state index in [1.54, 1.807) is 0 Å². The largest absolute Gasteiger partial charge is 0.311 e. The Labute approximate surface area is 334 Å². The van der Waals surface area contributed by atoms with E-state index < -0.39 is 0 Å². The van der Waals surface area contributed by atoms with Crippen molar-refractivity contribution in [2.24, 2.45) is 0 Å². The minimum atomic E-state index is 0.0517. The fourth-order valence-corrected chi connectivity index (χ4v) is 8.74. The van der Waals surface area contributed by atoms with Gasteiger partial charge in [-0.1, -0.05) is 138 Å². The highest BCUT2D eigenvalue weighted by Gasteiger charge is 2.44. The van der Waals surface area contributed by atoms with Crippen LogP contribution in [0.4, 0.5) is 51.2 Å². The van der Waals surface area contributed by atoms with Gasteiger partial charge in [0.2, 0.25) is 0 Å². The molecule has 0 fully saturated rings. The smallest absolute Gasteiger partial charge is 0.252 e. The Bertz CT molecular complexity index is 2390. The van der Waals surface area contributed by atoms with Crippen molar-refractivity contribution in [3.05, 3.63) is 180 Å². The van der Waals surface area contributed by atoms with Crippen LogP contribution in [0.25, 0.3) is 0 Å². The van der Waals surface area contributed by atoms with Crippen molar-refractivity contribution in [3.8, 4) is 0 Å². The van der Waals surface area contributed by atoms with Crippen LogP contribution in [-0.4, -0.2) is 6.71 Å². The lowest BCUT2D eigenvalue weighted by atomic mass is 9.33. The lowest BCUT2D eigenvalue weighted by Crippen LogP contribution is -2.61. The maximum Gasteiger partial charge on any atom is 0.252 e. The minimum absolute atomic E-state index is 0.0517. The van der Waals surface area contributed by atoms with Gasteiger partial charge in [-0.3, -0.25) is 0 Å². The van der Waals surface area contributed by atoms with Crippen molar-refractivity contribution >= 4 is 74.3 Å². The highest BCUT2D eigenvalue weighted by Crippen LogP contribution is 2.48. The van der Waals surface area contributed by atoms with Crippen molar-refractivity contribution in [2.45, 2.75) is 66.2 Å². The highest BCUT2D eigenvalue weighted by atomic mass is 15.2. The molecule has 0 aliphatic carbocycles. The van der Waals surface area contributed by atoms with Crippen molar-refractivity contribution < 1.29 is 0 Å². The number of hydrogen-bond acceptors (Lipinski definition) is 3. The molecule has 0 saturated heterocycles. The van der Waals surface area contributed by atoms with E-state index in [4.69, 9.17) is 0 Å². The second-order valence-corrected chi connectivity index (χ2v) is 17.7. The molecule has 0 saturated carbocycles. The quantitative estimate of drug-likeness (QED) is 0.163. The molecule has 0 radical (unpaired) electrons. The molecule has 0 amide bonds. The summed E-state index contributed by atoms with van der Waals surface area (Å²) in [5, 5.41) is 0. The van der Waals surface area contributed by atoms with E-state index in [1.165, 1.54) is 61.4 Å². The Hall–Kier alpha value is -6.00. The van der Waals surface area contributed by atoms with Gasteiger partial charge in [-0.25, -0.2) is 0 Å². The van der Waals surface area contributed by atoms with Crippen LogP contribution < -0.4 is 31.1 Å². The molecule has 9 rings (SSSR count). The van der Waals surface area contributed by atoms with Crippen LogP contribution in [0.3, 0.4) is 0 Å². The SMILES string of the molecule is Cc1ccc2c(c1)B1c3cc(C)ccc3N(c3ccc(C(C)(C)C)cc3)c3cc(N(c4ccccc4)c4ccccc4)cc(c31)N2c1ccc(C(C)(C)C)cc1. The van der Waals surface area contributed by atoms with Gasteiger partial charge in [0, 0.05) is 45.5 Å². The Morgan fingerprint density at radius 3 is 1.18 bits per heavy atom. The lowest BCUT2D eigenvalue weighted by Gasteiger charge is -2.45. The third-order valence-corrected chi connectivity index (χ3v) is 11.6. The highest BCUT2D eigenvalue weighted by molar-refractivity contribution is 7.00. The van der Waals surface area contributed by atoms with Crippen LogP contribution in [0, 0.1) is 13.8 Å². The van der Waals surface area contributed by atoms with Gasteiger partial charge in [0.15, 0.2) is 0 Å². The first-order valence-electron chi connectivity index (χ1n) is 20.0. The number of fused-ring (bicyclic) bond motifs is 4. The van der Waals surface area contributed by atoms with Gasteiger partial charge in [-0.15, -0.1) is 0 Å². The van der Waals surface area contributed by atoms with E-state index in [0.29, 0.717) is 0 Å². The average molecular weight is 728 g/mol. The van der Waals surface area contributed by atoms with Gasteiger partial charge < -0.3 is 14.7 Å². The maximum absolute atomic E-state index is 2.52. The Kier molecular flexibility index (Phi) is 8.50. The zero-order valence-electron chi connectivity index (χ0n) is 33.9. The molecule has 0 unspecified atom stereocenters. The van der Waals surface area contributed by atoms with Gasteiger partial charge in [-0.05, 0) is 125 Å². The number of aryl methyl sites for hydroxylation is 2. The Balaban J connectivity index is 1.39. The first kappa shape index (κ1) is 35.7. The van der Waals surface area contributed by atoms with Crippen molar-refractivity contribution in [2.75, 3.05) is 14.7 Å². The normalized spacial score (nSPS) is 13.2. The molecule has 2 heterocycles. The lowest BCUT2D eigenvalue weighted by molar-refractivity contribution is 0.590. The van der Waals surface area contributed by atoms with Crippen LogP contribution in [0.15, 0.2) is 158 Å². The second kappa shape index (κ2) is 13.3. The van der Waals surface area contributed by atoms with Crippen LogP contribution in [0.5, 0.6) is 0 Å². The summed E-state index contributed by atoms with van der Waals surface area (Å²) in [4.78, 5) is 7.45. The molecule has 0 spiro atoms. The number of rotatable bonds is 5. The molecule has 7 aromatic rings. The second-order valence-electron chi connectivity index (χ2n) is 17.7. The first-order chi connectivity index (χ1) is 26.9. The number of hydrogen-bond donors (Lipinski definition) is 0. The standard InChI is InChI=1S/C52H50BN3/c1-35-19-29-46-44(31-35)53-45-32-36(2)20-30-47(45)56(42-27-23-38(24-28-42)52(6,7)8)49-34-43(54(39-15-11-9-12-16-39)40-17-13-10-14-18-40)33-48(50(49)53)55(46)41-25-21-37(22-26-41)51(3,4)5/h9-34H,1-8H3. The fourth-order valence-electron chi connectivity index (χ4n) is 8.74.